The zero-order chi connectivity index (χ0) is 14.3. The first-order valence-corrected chi connectivity index (χ1v) is 6.80. The van der Waals surface area contributed by atoms with Crippen LogP contribution in [0.4, 0.5) is 5.82 Å². The average molecular weight is 270 g/mol. The number of anilines is 1. The Labute approximate surface area is 117 Å². The molecule has 0 aliphatic rings. The van der Waals surface area contributed by atoms with Crippen molar-refractivity contribution in [3.63, 3.8) is 0 Å². The Morgan fingerprint density at radius 1 is 1.35 bits per heavy atom. The molecule has 0 bridgehead atoms. The molecule has 0 amide bonds. The molecule has 104 valence electrons. The van der Waals surface area contributed by atoms with E-state index in [-0.39, 0.29) is 5.75 Å². The number of nitrogens with two attached hydrogens (primary N) is 1. The summed E-state index contributed by atoms with van der Waals surface area (Å²) < 4.78 is 1.88. The van der Waals surface area contributed by atoms with Crippen molar-refractivity contribution in [1.29, 1.82) is 0 Å². The van der Waals surface area contributed by atoms with Gasteiger partial charge >= 0.3 is 0 Å². The van der Waals surface area contributed by atoms with Crippen LogP contribution in [0.25, 0.3) is 21.8 Å². The van der Waals surface area contributed by atoms with Gasteiger partial charge in [0.25, 0.3) is 0 Å². The number of rotatable bonds is 3. The minimum absolute atomic E-state index is 0.211. The van der Waals surface area contributed by atoms with Gasteiger partial charge in [0.1, 0.15) is 11.3 Å². The van der Waals surface area contributed by atoms with Crippen molar-refractivity contribution in [2.75, 3.05) is 5.73 Å². The smallest absolute Gasteiger partial charge is 0.152 e. The van der Waals surface area contributed by atoms with E-state index in [2.05, 4.69) is 23.9 Å². The van der Waals surface area contributed by atoms with Crippen molar-refractivity contribution in [3.05, 3.63) is 24.4 Å². The second-order valence-corrected chi connectivity index (χ2v) is 5.51. The monoisotopic (exact) mass is 270 g/mol. The Hall–Kier alpha value is -2.30. The van der Waals surface area contributed by atoms with Gasteiger partial charge in [0, 0.05) is 18.1 Å². The highest BCUT2D eigenvalue weighted by Crippen LogP contribution is 2.32. The van der Waals surface area contributed by atoms with Gasteiger partial charge in [-0.25, -0.2) is 4.98 Å². The fourth-order valence-corrected chi connectivity index (χ4v) is 2.38. The van der Waals surface area contributed by atoms with Crippen LogP contribution in [0.3, 0.4) is 0 Å². The molecular weight excluding hydrogens is 252 g/mol. The highest BCUT2D eigenvalue weighted by Gasteiger charge is 2.13. The summed E-state index contributed by atoms with van der Waals surface area (Å²) in [6.45, 7) is 5.20. The van der Waals surface area contributed by atoms with E-state index in [1.54, 1.807) is 12.1 Å². The molecule has 0 aliphatic carbocycles. The lowest BCUT2D eigenvalue weighted by Gasteiger charge is -2.03. The van der Waals surface area contributed by atoms with Gasteiger partial charge < -0.3 is 10.8 Å². The van der Waals surface area contributed by atoms with Crippen LogP contribution in [0.15, 0.2) is 24.4 Å². The molecule has 5 heteroatoms. The number of hydrogen-bond acceptors (Lipinski definition) is 4. The predicted octanol–water partition coefficient (Wildman–Crippen LogP) is 2.92. The van der Waals surface area contributed by atoms with Gasteiger partial charge in [-0.15, -0.1) is 0 Å². The molecule has 5 nitrogen and oxygen atoms in total. The van der Waals surface area contributed by atoms with Gasteiger partial charge in [-0.3, -0.25) is 4.68 Å². The average Bonchev–Trinajstić information content (AvgIpc) is 2.81. The second-order valence-electron chi connectivity index (χ2n) is 5.51. The highest BCUT2D eigenvalue weighted by molar-refractivity contribution is 6.10. The van der Waals surface area contributed by atoms with E-state index in [9.17, 15) is 5.11 Å². The zero-order valence-electron chi connectivity index (χ0n) is 11.7. The van der Waals surface area contributed by atoms with Crippen LogP contribution in [0.2, 0.25) is 0 Å². The van der Waals surface area contributed by atoms with Crippen molar-refractivity contribution >= 4 is 27.6 Å². The summed E-state index contributed by atoms with van der Waals surface area (Å²) in [6.07, 6.45) is 2.99. The Morgan fingerprint density at radius 2 is 2.15 bits per heavy atom. The molecule has 1 aromatic carbocycles. The topological polar surface area (TPSA) is 77.0 Å². The van der Waals surface area contributed by atoms with E-state index in [0.717, 1.165) is 18.4 Å². The summed E-state index contributed by atoms with van der Waals surface area (Å²) in [7, 11) is 0. The van der Waals surface area contributed by atoms with Crippen molar-refractivity contribution in [2.24, 2.45) is 5.92 Å². The molecule has 3 N–H and O–H groups in total. The molecule has 3 rings (SSSR count). The third-order valence-corrected chi connectivity index (χ3v) is 3.47. The number of aromatic hydroxyl groups is 1. The number of aryl methyl sites for hydroxylation is 1. The number of nitrogen functional groups attached to an aromatic ring is 1. The largest absolute Gasteiger partial charge is 0.507 e. The molecule has 0 aliphatic heterocycles. The normalized spacial score (nSPS) is 11.8. The number of phenolic OH excluding ortho intramolecular Hbond substituents is 1. The number of hydrogen-bond donors (Lipinski definition) is 2. The molecule has 20 heavy (non-hydrogen) atoms. The van der Waals surface area contributed by atoms with Crippen LogP contribution in [0.5, 0.6) is 5.75 Å². The number of fused-ring (bicyclic) bond motifs is 3. The quantitative estimate of drug-likeness (QED) is 0.767. The lowest BCUT2D eigenvalue weighted by atomic mass is 10.1. The first-order valence-electron chi connectivity index (χ1n) is 6.80. The summed E-state index contributed by atoms with van der Waals surface area (Å²) in [6, 6.07) is 5.26. The first kappa shape index (κ1) is 12.7. The second kappa shape index (κ2) is 4.67. The Kier molecular flexibility index (Phi) is 2.97. The number of pyridine rings is 1. The van der Waals surface area contributed by atoms with Crippen molar-refractivity contribution < 1.29 is 5.11 Å². The molecule has 0 spiro atoms. The maximum Gasteiger partial charge on any atom is 0.152 e. The van der Waals surface area contributed by atoms with Gasteiger partial charge in [-0.05, 0) is 24.5 Å². The lowest BCUT2D eigenvalue weighted by Crippen LogP contribution is -2.01. The molecule has 0 atom stereocenters. The molecular formula is C15H18N4O. The Balaban J connectivity index is 2.21. The standard InChI is InChI=1S/C15H18N4O/c1-9(2)6-7-19-8-10-13-11(4-3-5-12(13)20)17-15(16)14(10)18-19/h3-5,8-9,20H,6-7H2,1-2H3,(H2,16,17). The van der Waals surface area contributed by atoms with Crippen molar-refractivity contribution in [1.82, 2.24) is 14.8 Å². The van der Waals surface area contributed by atoms with Gasteiger partial charge in [-0.2, -0.15) is 5.10 Å². The van der Waals surface area contributed by atoms with E-state index in [1.807, 2.05) is 16.9 Å². The maximum absolute atomic E-state index is 10.1. The third kappa shape index (κ3) is 2.05. The minimum atomic E-state index is 0.211. The summed E-state index contributed by atoms with van der Waals surface area (Å²) in [5.74, 6) is 1.23. The van der Waals surface area contributed by atoms with Crippen LogP contribution >= 0.6 is 0 Å². The van der Waals surface area contributed by atoms with E-state index >= 15 is 0 Å². The molecule has 0 unspecified atom stereocenters. The minimum Gasteiger partial charge on any atom is -0.507 e. The van der Waals surface area contributed by atoms with Gasteiger partial charge in [0.05, 0.1) is 10.9 Å². The zero-order valence-corrected chi connectivity index (χ0v) is 11.7. The molecule has 0 fully saturated rings. The number of aromatic nitrogens is 3. The highest BCUT2D eigenvalue weighted by atomic mass is 16.3. The van der Waals surface area contributed by atoms with Crippen molar-refractivity contribution in [3.8, 4) is 5.75 Å². The third-order valence-electron chi connectivity index (χ3n) is 3.47. The molecule has 3 aromatic rings. The molecule has 0 radical (unpaired) electrons. The van der Waals surface area contributed by atoms with E-state index in [4.69, 9.17) is 5.73 Å². The first-order chi connectivity index (χ1) is 9.56. The molecule has 2 heterocycles. The van der Waals surface area contributed by atoms with Crippen LogP contribution in [0.1, 0.15) is 20.3 Å². The van der Waals surface area contributed by atoms with E-state index in [1.165, 1.54) is 0 Å². The Bertz CT molecular complexity index is 776. The predicted molar refractivity (Wildman–Crippen MR) is 80.6 cm³/mol. The molecule has 2 aromatic heterocycles. The Morgan fingerprint density at radius 3 is 2.90 bits per heavy atom. The maximum atomic E-state index is 10.1. The van der Waals surface area contributed by atoms with Crippen LogP contribution in [0, 0.1) is 5.92 Å². The van der Waals surface area contributed by atoms with Crippen LogP contribution < -0.4 is 5.73 Å². The van der Waals surface area contributed by atoms with Gasteiger partial charge in [0.2, 0.25) is 0 Å². The summed E-state index contributed by atoms with van der Waals surface area (Å²) in [5, 5.41) is 16.1. The van der Waals surface area contributed by atoms with Gasteiger partial charge in [-0.1, -0.05) is 19.9 Å². The molecule has 0 saturated heterocycles. The summed E-state index contributed by atoms with van der Waals surface area (Å²) in [5.41, 5.74) is 7.32. The fraction of sp³-hybridized carbons (Fsp3) is 0.333. The van der Waals surface area contributed by atoms with E-state index in [0.29, 0.717) is 28.2 Å². The number of nitrogens with zero attached hydrogens (tertiary/aromatic N) is 3. The number of phenols is 1. The number of benzene rings is 1. The van der Waals surface area contributed by atoms with Gasteiger partial charge in [0.15, 0.2) is 5.82 Å². The van der Waals surface area contributed by atoms with Crippen LogP contribution in [-0.2, 0) is 6.54 Å². The van der Waals surface area contributed by atoms with E-state index < -0.39 is 0 Å². The lowest BCUT2D eigenvalue weighted by molar-refractivity contribution is 0.482. The summed E-state index contributed by atoms with van der Waals surface area (Å²) in [4.78, 5) is 4.32. The van der Waals surface area contributed by atoms with Crippen molar-refractivity contribution in [2.45, 2.75) is 26.8 Å². The van der Waals surface area contributed by atoms with Crippen LogP contribution in [-0.4, -0.2) is 19.9 Å². The SMILES string of the molecule is CC(C)CCn1cc2c(n1)c(N)nc1cccc(O)c12. The molecule has 0 saturated carbocycles. The fourth-order valence-electron chi connectivity index (χ4n) is 2.38. The summed E-state index contributed by atoms with van der Waals surface area (Å²) >= 11 is 0.